The third-order valence-electron chi connectivity index (χ3n) is 3.49. The monoisotopic (exact) mass is 275 g/mol. The Kier molecular flexibility index (Phi) is 5.12. The van der Waals surface area contributed by atoms with Gasteiger partial charge in [-0.05, 0) is 12.5 Å². The van der Waals surface area contributed by atoms with Crippen LogP contribution >= 0.6 is 0 Å². The predicted octanol–water partition coefficient (Wildman–Crippen LogP) is 0.513. The highest BCUT2D eigenvalue weighted by Gasteiger charge is 2.28. The minimum Gasteiger partial charge on any atom is -0.352 e. The molecule has 2 amide bonds. The highest BCUT2D eigenvalue weighted by molar-refractivity contribution is 5.88. The van der Waals surface area contributed by atoms with E-state index in [1.807, 2.05) is 37.3 Å². The van der Waals surface area contributed by atoms with Crippen molar-refractivity contribution < 1.29 is 9.59 Å². The molecule has 0 aliphatic carbocycles. The van der Waals surface area contributed by atoms with Gasteiger partial charge in [0.1, 0.15) is 0 Å². The lowest BCUT2D eigenvalue weighted by Gasteiger charge is -2.32. The van der Waals surface area contributed by atoms with Gasteiger partial charge in [-0.3, -0.25) is 9.59 Å². The highest BCUT2D eigenvalue weighted by Crippen LogP contribution is 2.05. The van der Waals surface area contributed by atoms with E-state index in [4.69, 9.17) is 0 Å². The molecule has 1 aliphatic heterocycles. The fraction of sp³-hybridized carbons (Fsp3) is 0.467. The van der Waals surface area contributed by atoms with Crippen molar-refractivity contribution >= 4 is 11.8 Å². The van der Waals surface area contributed by atoms with Gasteiger partial charge in [0.2, 0.25) is 11.8 Å². The molecular formula is C15H21N3O2. The average Bonchev–Trinajstić information content (AvgIpc) is 2.48. The van der Waals surface area contributed by atoms with Crippen molar-refractivity contribution in [3.63, 3.8) is 0 Å². The molecule has 5 nitrogen and oxygen atoms in total. The molecular weight excluding hydrogens is 254 g/mol. The molecule has 1 aliphatic rings. The molecule has 1 heterocycles. The number of carbonyl (C=O) groups is 2. The number of hydrogen-bond acceptors (Lipinski definition) is 3. The predicted molar refractivity (Wildman–Crippen MR) is 77.0 cm³/mol. The second kappa shape index (κ2) is 7.05. The molecule has 1 saturated heterocycles. The summed E-state index contributed by atoms with van der Waals surface area (Å²) in [7, 11) is 0. The Hall–Kier alpha value is -1.88. The van der Waals surface area contributed by atoms with Crippen molar-refractivity contribution in [1.29, 1.82) is 0 Å². The summed E-state index contributed by atoms with van der Waals surface area (Å²) >= 11 is 0. The summed E-state index contributed by atoms with van der Waals surface area (Å²) in [6.07, 6.45) is 0.197. The van der Waals surface area contributed by atoms with Crippen LogP contribution in [-0.4, -0.2) is 42.4 Å². The Bertz CT molecular complexity index is 461. The summed E-state index contributed by atoms with van der Waals surface area (Å²) in [5, 5.41) is 5.96. The Morgan fingerprint density at radius 3 is 2.85 bits per heavy atom. The molecule has 0 aromatic heterocycles. The van der Waals surface area contributed by atoms with Gasteiger partial charge in [0.05, 0.1) is 12.5 Å². The first-order valence-electron chi connectivity index (χ1n) is 7.03. The Morgan fingerprint density at radius 1 is 1.40 bits per heavy atom. The maximum Gasteiger partial charge on any atom is 0.240 e. The first-order chi connectivity index (χ1) is 9.70. The van der Waals surface area contributed by atoms with Gasteiger partial charge in [0.15, 0.2) is 0 Å². The third-order valence-corrected chi connectivity index (χ3v) is 3.49. The normalized spacial score (nSPS) is 18.9. The van der Waals surface area contributed by atoms with E-state index in [1.54, 1.807) is 4.90 Å². The zero-order chi connectivity index (χ0) is 14.4. The largest absolute Gasteiger partial charge is 0.352 e. The van der Waals surface area contributed by atoms with Crippen molar-refractivity contribution in [3.05, 3.63) is 35.9 Å². The molecule has 20 heavy (non-hydrogen) atoms. The summed E-state index contributed by atoms with van der Waals surface area (Å²) in [6, 6.07) is 9.35. The fourth-order valence-corrected chi connectivity index (χ4v) is 2.32. The van der Waals surface area contributed by atoms with E-state index in [2.05, 4.69) is 10.6 Å². The Labute approximate surface area is 119 Å². The van der Waals surface area contributed by atoms with E-state index in [1.165, 1.54) is 0 Å². The molecule has 0 spiro atoms. The molecule has 1 fully saturated rings. The maximum atomic E-state index is 12.0. The minimum atomic E-state index is -0.389. The third kappa shape index (κ3) is 3.81. The molecule has 2 N–H and O–H groups in total. The summed E-state index contributed by atoms with van der Waals surface area (Å²) < 4.78 is 0. The van der Waals surface area contributed by atoms with Gasteiger partial charge in [-0.15, -0.1) is 0 Å². The Balaban J connectivity index is 1.80. The zero-order valence-corrected chi connectivity index (χ0v) is 11.8. The molecule has 1 aromatic rings. The summed E-state index contributed by atoms with van der Waals surface area (Å²) in [4.78, 5) is 25.7. The lowest BCUT2D eigenvalue weighted by molar-refractivity contribution is -0.138. The maximum absolute atomic E-state index is 12.0. The number of hydrogen-bond donors (Lipinski definition) is 2. The van der Waals surface area contributed by atoms with Gasteiger partial charge in [-0.1, -0.05) is 30.3 Å². The number of likely N-dealkylation sites (N-methyl/N-ethyl adjacent to an activating group) is 1. The number of nitrogens with one attached hydrogen (secondary N) is 2. The number of benzene rings is 1. The van der Waals surface area contributed by atoms with Crippen LogP contribution in [0.15, 0.2) is 30.3 Å². The van der Waals surface area contributed by atoms with Crippen LogP contribution < -0.4 is 10.6 Å². The highest BCUT2D eigenvalue weighted by atomic mass is 16.2. The number of nitrogens with zero attached hydrogens (tertiary/aromatic N) is 1. The summed E-state index contributed by atoms with van der Waals surface area (Å²) in [5.74, 6) is -0.0775. The van der Waals surface area contributed by atoms with Crippen molar-refractivity contribution in [2.45, 2.75) is 25.9 Å². The van der Waals surface area contributed by atoms with Crippen LogP contribution in [0.25, 0.3) is 0 Å². The van der Waals surface area contributed by atoms with Crippen molar-refractivity contribution in [2.24, 2.45) is 0 Å². The van der Waals surface area contributed by atoms with Gasteiger partial charge in [-0.25, -0.2) is 0 Å². The van der Waals surface area contributed by atoms with Crippen LogP contribution in [0.2, 0.25) is 0 Å². The molecule has 108 valence electrons. The van der Waals surface area contributed by atoms with Crippen LogP contribution in [0.3, 0.4) is 0 Å². The smallest absolute Gasteiger partial charge is 0.240 e. The Morgan fingerprint density at radius 2 is 2.15 bits per heavy atom. The van der Waals surface area contributed by atoms with Crippen LogP contribution in [0.1, 0.15) is 18.9 Å². The van der Waals surface area contributed by atoms with E-state index in [0.717, 1.165) is 18.7 Å². The van der Waals surface area contributed by atoms with E-state index in [9.17, 15) is 9.59 Å². The second-order valence-electron chi connectivity index (χ2n) is 4.89. The van der Waals surface area contributed by atoms with Gasteiger partial charge in [0, 0.05) is 26.2 Å². The van der Waals surface area contributed by atoms with Crippen molar-refractivity contribution in [2.75, 3.05) is 19.6 Å². The SMILES string of the molecule is CCN1CCNC(CC(=O)NCc2ccccc2)C1=O. The quantitative estimate of drug-likeness (QED) is 0.823. The second-order valence-corrected chi connectivity index (χ2v) is 4.89. The van der Waals surface area contributed by atoms with Crippen LogP contribution in [0.4, 0.5) is 0 Å². The van der Waals surface area contributed by atoms with Gasteiger partial charge in [0.25, 0.3) is 0 Å². The van der Waals surface area contributed by atoms with Crippen LogP contribution in [0, 0.1) is 0 Å². The van der Waals surface area contributed by atoms with Crippen LogP contribution in [-0.2, 0) is 16.1 Å². The summed E-state index contributed by atoms with van der Waals surface area (Å²) in [5.41, 5.74) is 1.05. The number of carbonyl (C=O) groups excluding carboxylic acids is 2. The first-order valence-corrected chi connectivity index (χ1v) is 7.03. The van der Waals surface area contributed by atoms with Gasteiger partial charge >= 0.3 is 0 Å². The van der Waals surface area contributed by atoms with E-state index in [-0.39, 0.29) is 24.3 Å². The van der Waals surface area contributed by atoms with E-state index >= 15 is 0 Å². The molecule has 0 bridgehead atoms. The molecule has 2 rings (SSSR count). The number of piperazine rings is 1. The standard InChI is InChI=1S/C15H21N3O2/c1-2-18-9-8-16-13(15(18)20)10-14(19)17-11-12-6-4-3-5-7-12/h3-7,13,16H,2,8-11H2,1H3,(H,17,19). The first kappa shape index (κ1) is 14.5. The lowest BCUT2D eigenvalue weighted by atomic mass is 10.1. The molecule has 0 radical (unpaired) electrons. The topological polar surface area (TPSA) is 61.4 Å². The van der Waals surface area contributed by atoms with E-state index in [0.29, 0.717) is 13.1 Å². The van der Waals surface area contributed by atoms with Gasteiger partial charge in [-0.2, -0.15) is 0 Å². The zero-order valence-electron chi connectivity index (χ0n) is 11.8. The molecule has 0 saturated carbocycles. The van der Waals surface area contributed by atoms with Gasteiger partial charge < -0.3 is 15.5 Å². The minimum absolute atomic E-state index is 0.0219. The summed E-state index contributed by atoms with van der Waals surface area (Å²) in [6.45, 7) is 4.62. The number of rotatable bonds is 5. The van der Waals surface area contributed by atoms with Crippen molar-refractivity contribution in [1.82, 2.24) is 15.5 Å². The molecule has 1 atom stereocenters. The number of amides is 2. The van der Waals surface area contributed by atoms with Crippen molar-refractivity contribution in [3.8, 4) is 0 Å². The van der Waals surface area contributed by atoms with E-state index < -0.39 is 0 Å². The average molecular weight is 275 g/mol. The molecule has 5 heteroatoms. The lowest BCUT2D eigenvalue weighted by Crippen LogP contribution is -2.56. The molecule has 1 unspecified atom stereocenters. The van der Waals surface area contributed by atoms with Crippen LogP contribution in [0.5, 0.6) is 0 Å². The fourth-order valence-electron chi connectivity index (χ4n) is 2.32. The molecule has 1 aromatic carbocycles.